The summed E-state index contributed by atoms with van der Waals surface area (Å²) < 4.78 is 11.4. The first-order valence-corrected chi connectivity index (χ1v) is 11.0. The van der Waals surface area contributed by atoms with Gasteiger partial charge >= 0.3 is 0 Å². The average Bonchev–Trinajstić information content (AvgIpc) is 2.80. The third-order valence-corrected chi connectivity index (χ3v) is 5.25. The minimum absolute atomic E-state index is 0.143. The quantitative estimate of drug-likeness (QED) is 0.398. The first kappa shape index (κ1) is 23.5. The molecule has 32 heavy (non-hydrogen) atoms. The minimum atomic E-state index is -0.339. The highest BCUT2D eigenvalue weighted by atomic mass is 79.9. The van der Waals surface area contributed by atoms with Crippen LogP contribution in [0.3, 0.4) is 0 Å². The van der Waals surface area contributed by atoms with Gasteiger partial charge in [0.25, 0.3) is 11.8 Å². The van der Waals surface area contributed by atoms with Gasteiger partial charge in [0.2, 0.25) is 0 Å². The van der Waals surface area contributed by atoms with Gasteiger partial charge in [-0.05, 0) is 48.9 Å². The van der Waals surface area contributed by atoms with Crippen LogP contribution in [0.15, 0.2) is 77.3 Å². The van der Waals surface area contributed by atoms with Crippen LogP contribution in [0.4, 0.5) is 5.69 Å². The van der Waals surface area contributed by atoms with Gasteiger partial charge in [0.15, 0.2) is 0 Å². The zero-order valence-corrected chi connectivity index (χ0v) is 19.5. The Balaban J connectivity index is 1.71. The molecule has 1 atom stereocenters. The molecule has 166 valence electrons. The Morgan fingerprint density at radius 1 is 0.938 bits per heavy atom. The maximum absolute atomic E-state index is 12.9. The van der Waals surface area contributed by atoms with Crippen molar-refractivity contribution in [3.63, 3.8) is 0 Å². The number of benzene rings is 3. The standard InChI is InChI=1S/C25H25BrN2O4/c1-17(18-7-4-3-5-8-18)27-24(29)19-9-6-10-21(15-19)28-25(30)22-16-20(26)11-12-23(22)32-14-13-31-2/h3-12,15-17H,13-14H2,1-2H3,(H,27,29)(H,28,30). The van der Waals surface area contributed by atoms with Crippen LogP contribution < -0.4 is 15.4 Å². The summed E-state index contributed by atoms with van der Waals surface area (Å²) in [6, 6.07) is 21.6. The molecule has 7 heteroatoms. The number of anilines is 1. The zero-order valence-electron chi connectivity index (χ0n) is 17.9. The van der Waals surface area contributed by atoms with Gasteiger partial charge in [-0.3, -0.25) is 9.59 Å². The number of methoxy groups -OCH3 is 1. The van der Waals surface area contributed by atoms with E-state index < -0.39 is 0 Å². The van der Waals surface area contributed by atoms with Crippen molar-refractivity contribution in [1.82, 2.24) is 5.32 Å². The number of hydrogen-bond donors (Lipinski definition) is 2. The topological polar surface area (TPSA) is 76.7 Å². The van der Waals surface area contributed by atoms with Crippen LogP contribution in [0.25, 0.3) is 0 Å². The van der Waals surface area contributed by atoms with E-state index in [1.807, 2.05) is 37.3 Å². The fourth-order valence-corrected chi connectivity index (χ4v) is 3.44. The summed E-state index contributed by atoms with van der Waals surface area (Å²) in [7, 11) is 1.59. The number of carbonyl (C=O) groups excluding carboxylic acids is 2. The van der Waals surface area contributed by atoms with Crippen LogP contribution in [-0.4, -0.2) is 32.1 Å². The number of ether oxygens (including phenoxy) is 2. The van der Waals surface area contributed by atoms with E-state index in [9.17, 15) is 9.59 Å². The van der Waals surface area contributed by atoms with Gasteiger partial charge in [0.1, 0.15) is 12.4 Å². The Kier molecular flexibility index (Phi) is 8.41. The summed E-state index contributed by atoms with van der Waals surface area (Å²) in [4.78, 5) is 25.6. The molecule has 3 aromatic rings. The van der Waals surface area contributed by atoms with Gasteiger partial charge in [-0.2, -0.15) is 0 Å². The molecule has 2 N–H and O–H groups in total. The normalized spacial score (nSPS) is 11.5. The van der Waals surface area contributed by atoms with Crippen molar-refractivity contribution in [2.75, 3.05) is 25.6 Å². The zero-order chi connectivity index (χ0) is 22.9. The summed E-state index contributed by atoms with van der Waals surface area (Å²) >= 11 is 3.39. The number of amides is 2. The SMILES string of the molecule is COCCOc1ccc(Br)cc1C(=O)Nc1cccc(C(=O)NC(C)c2ccccc2)c1. The average molecular weight is 497 g/mol. The molecule has 1 unspecified atom stereocenters. The summed E-state index contributed by atoms with van der Waals surface area (Å²) in [6.07, 6.45) is 0. The number of rotatable bonds is 9. The Morgan fingerprint density at radius 2 is 1.72 bits per heavy atom. The van der Waals surface area contributed by atoms with E-state index in [0.29, 0.717) is 35.8 Å². The molecule has 6 nitrogen and oxygen atoms in total. The smallest absolute Gasteiger partial charge is 0.259 e. The number of nitrogens with one attached hydrogen (secondary N) is 2. The molecule has 0 aliphatic heterocycles. The van der Waals surface area contributed by atoms with Gasteiger partial charge in [0, 0.05) is 22.8 Å². The highest BCUT2D eigenvalue weighted by molar-refractivity contribution is 9.10. The first-order chi connectivity index (χ1) is 15.5. The second kappa shape index (κ2) is 11.5. The van der Waals surface area contributed by atoms with E-state index in [1.54, 1.807) is 49.6 Å². The summed E-state index contributed by atoms with van der Waals surface area (Å²) in [5, 5.41) is 5.83. The van der Waals surface area contributed by atoms with Crippen LogP contribution in [0.5, 0.6) is 5.75 Å². The van der Waals surface area contributed by atoms with Crippen LogP contribution in [-0.2, 0) is 4.74 Å². The summed E-state index contributed by atoms with van der Waals surface area (Å²) in [5.41, 5.74) is 2.36. The maximum Gasteiger partial charge on any atom is 0.259 e. The van der Waals surface area contributed by atoms with E-state index >= 15 is 0 Å². The van der Waals surface area contributed by atoms with Crippen molar-refractivity contribution in [2.24, 2.45) is 0 Å². The van der Waals surface area contributed by atoms with Crippen LogP contribution >= 0.6 is 15.9 Å². The molecule has 0 saturated heterocycles. The van der Waals surface area contributed by atoms with E-state index in [2.05, 4.69) is 26.6 Å². The fourth-order valence-electron chi connectivity index (χ4n) is 3.08. The monoisotopic (exact) mass is 496 g/mol. The predicted octanol–water partition coefficient (Wildman–Crippen LogP) is 5.22. The van der Waals surface area contributed by atoms with Crippen LogP contribution in [0.2, 0.25) is 0 Å². The number of carbonyl (C=O) groups is 2. The molecule has 3 aromatic carbocycles. The lowest BCUT2D eigenvalue weighted by molar-refractivity contribution is 0.0938. The van der Waals surface area contributed by atoms with Crippen LogP contribution in [0.1, 0.15) is 39.2 Å². The lowest BCUT2D eigenvalue weighted by Gasteiger charge is -2.15. The van der Waals surface area contributed by atoms with Crippen molar-refractivity contribution in [1.29, 1.82) is 0 Å². The second-order valence-corrected chi connectivity index (χ2v) is 8.04. The molecule has 0 saturated carbocycles. The van der Waals surface area contributed by atoms with Crippen molar-refractivity contribution in [3.05, 3.63) is 94.0 Å². The van der Waals surface area contributed by atoms with E-state index in [1.165, 1.54) is 0 Å². The molecule has 0 aliphatic rings. The van der Waals surface area contributed by atoms with Gasteiger partial charge in [0.05, 0.1) is 18.2 Å². The Morgan fingerprint density at radius 3 is 2.47 bits per heavy atom. The molecule has 3 rings (SSSR count). The molecule has 0 fully saturated rings. The maximum atomic E-state index is 12.9. The third kappa shape index (κ3) is 6.42. The molecule has 0 spiro atoms. The third-order valence-electron chi connectivity index (χ3n) is 4.76. The Bertz CT molecular complexity index is 1070. The molecular formula is C25H25BrN2O4. The summed E-state index contributed by atoms with van der Waals surface area (Å²) in [6.45, 7) is 2.67. The minimum Gasteiger partial charge on any atom is -0.490 e. The molecule has 0 aromatic heterocycles. The summed E-state index contributed by atoms with van der Waals surface area (Å²) in [5.74, 6) is -0.106. The van der Waals surface area contributed by atoms with E-state index in [-0.39, 0.29) is 17.9 Å². The van der Waals surface area contributed by atoms with E-state index in [0.717, 1.165) is 10.0 Å². The second-order valence-electron chi connectivity index (χ2n) is 7.12. The molecule has 2 amide bonds. The number of hydrogen-bond acceptors (Lipinski definition) is 4. The molecule has 0 aliphatic carbocycles. The number of halogens is 1. The molecule has 0 radical (unpaired) electrons. The molecular weight excluding hydrogens is 472 g/mol. The Labute approximate surface area is 196 Å². The molecule has 0 bridgehead atoms. The van der Waals surface area contributed by atoms with E-state index in [4.69, 9.17) is 9.47 Å². The first-order valence-electron chi connectivity index (χ1n) is 10.2. The van der Waals surface area contributed by atoms with Crippen molar-refractivity contribution in [3.8, 4) is 5.75 Å². The van der Waals surface area contributed by atoms with Crippen molar-refractivity contribution in [2.45, 2.75) is 13.0 Å². The van der Waals surface area contributed by atoms with Gasteiger partial charge in [-0.25, -0.2) is 0 Å². The van der Waals surface area contributed by atoms with Crippen molar-refractivity contribution < 1.29 is 19.1 Å². The predicted molar refractivity (Wildman–Crippen MR) is 128 cm³/mol. The van der Waals surface area contributed by atoms with Gasteiger partial charge in [-0.15, -0.1) is 0 Å². The van der Waals surface area contributed by atoms with Crippen molar-refractivity contribution >= 4 is 33.4 Å². The van der Waals surface area contributed by atoms with Gasteiger partial charge in [-0.1, -0.05) is 52.3 Å². The highest BCUT2D eigenvalue weighted by Crippen LogP contribution is 2.25. The largest absolute Gasteiger partial charge is 0.490 e. The fraction of sp³-hybridized carbons (Fsp3) is 0.200. The lowest BCUT2D eigenvalue weighted by Crippen LogP contribution is -2.26. The lowest BCUT2D eigenvalue weighted by atomic mass is 10.1. The van der Waals surface area contributed by atoms with Gasteiger partial charge < -0.3 is 20.1 Å². The Hall–Kier alpha value is -3.16. The van der Waals surface area contributed by atoms with Crippen LogP contribution in [0, 0.1) is 0 Å². The molecule has 0 heterocycles. The highest BCUT2D eigenvalue weighted by Gasteiger charge is 2.16.